The predicted octanol–water partition coefficient (Wildman–Crippen LogP) is 4.38. The van der Waals surface area contributed by atoms with E-state index in [0.29, 0.717) is 11.1 Å². The molecule has 4 rings (SSSR count). The number of benzene rings is 2. The molecule has 1 aliphatic carbocycles. The molecule has 2 aromatic rings. The van der Waals surface area contributed by atoms with Gasteiger partial charge in [0.25, 0.3) is 5.91 Å². The molecule has 1 saturated heterocycles. The van der Waals surface area contributed by atoms with Gasteiger partial charge in [-0.2, -0.15) is 5.26 Å². The zero-order chi connectivity index (χ0) is 25.9. The number of carbonyl (C=O) groups excluding carboxylic acids is 1. The average molecular weight is 497 g/mol. The van der Waals surface area contributed by atoms with Crippen LogP contribution in [-0.4, -0.2) is 41.6 Å². The van der Waals surface area contributed by atoms with Crippen LogP contribution in [-0.2, 0) is 37.0 Å². The van der Waals surface area contributed by atoms with E-state index in [-0.39, 0.29) is 43.8 Å². The smallest absolute Gasteiger partial charge is 0.252 e. The zero-order valence-corrected chi connectivity index (χ0v) is 21.1. The van der Waals surface area contributed by atoms with Crippen molar-refractivity contribution in [2.75, 3.05) is 0 Å². The van der Waals surface area contributed by atoms with Crippen molar-refractivity contribution in [3.8, 4) is 6.07 Å². The molecule has 1 amide bonds. The number of nitrogens with one attached hydrogen (secondary N) is 1. The molecule has 0 bridgehead atoms. The van der Waals surface area contributed by atoms with Crippen molar-refractivity contribution in [1.82, 2.24) is 5.32 Å². The maximum atomic E-state index is 13.8. The number of carbonyl (C=O) groups is 1. The van der Waals surface area contributed by atoms with Crippen molar-refractivity contribution in [2.45, 2.75) is 89.5 Å². The second-order valence-corrected chi connectivity index (χ2v) is 10.2. The Bertz CT molecular complexity index is 1130. The molecule has 1 heterocycles. The van der Waals surface area contributed by atoms with Gasteiger partial charge < -0.3 is 24.3 Å². The molecule has 2 aromatic carbocycles. The molecule has 4 atom stereocenters. The Morgan fingerprint density at radius 1 is 1.17 bits per heavy atom. The van der Waals surface area contributed by atoms with Gasteiger partial charge in [0.05, 0.1) is 37.1 Å². The number of hydrogen-bond acceptors (Lipinski definition) is 6. The minimum absolute atomic E-state index is 0.0505. The Hall–Kier alpha value is -2.83. The van der Waals surface area contributed by atoms with Crippen LogP contribution >= 0.6 is 0 Å². The number of nitriles is 1. The van der Waals surface area contributed by atoms with E-state index in [4.69, 9.17) is 18.9 Å². The lowest BCUT2D eigenvalue weighted by Crippen LogP contribution is -2.60. The first kappa shape index (κ1) is 26.2. The van der Waals surface area contributed by atoms with Gasteiger partial charge in [-0.3, -0.25) is 4.79 Å². The molecule has 2 aliphatic rings. The van der Waals surface area contributed by atoms with Gasteiger partial charge in [-0.25, -0.2) is 4.39 Å². The third kappa shape index (κ3) is 5.93. The number of hydrogen-bond donors (Lipinski definition) is 1. The molecule has 1 N–H and O–H groups in total. The summed E-state index contributed by atoms with van der Waals surface area (Å²) in [6, 6.07) is 15.4. The fourth-order valence-electron chi connectivity index (χ4n) is 4.90. The monoisotopic (exact) mass is 496 g/mol. The van der Waals surface area contributed by atoms with Gasteiger partial charge in [0.15, 0.2) is 11.4 Å². The predicted molar refractivity (Wildman–Crippen MR) is 130 cm³/mol. The molecule has 192 valence electrons. The number of fused-ring (bicyclic) bond motifs is 1. The number of rotatable bonds is 8. The van der Waals surface area contributed by atoms with Gasteiger partial charge in [-0.15, -0.1) is 0 Å². The van der Waals surface area contributed by atoms with Crippen LogP contribution in [0.1, 0.15) is 57.2 Å². The average Bonchev–Trinajstić information content (AvgIpc) is 3.14. The minimum Gasteiger partial charge on any atom is -0.371 e. The van der Waals surface area contributed by atoms with Gasteiger partial charge in [-0.1, -0.05) is 30.3 Å². The second kappa shape index (κ2) is 10.7. The fourth-order valence-corrected chi connectivity index (χ4v) is 4.90. The van der Waals surface area contributed by atoms with Gasteiger partial charge in [0, 0.05) is 18.9 Å². The Morgan fingerprint density at radius 2 is 1.94 bits per heavy atom. The first-order valence-corrected chi connectivity index (χ1v) is 12.3. The highest BCUT2D eigenvalue weighted by Gasteiger charge is 2.58. The summed E-state index contributed by atoms with van der Waals surface area (Å²) in [5.41, 5.74) is 0.623. The van der Waals surface area contributed by atoms with Crippen molar-refractivity contribution in [1.29, 1.82) is 5.26 Å². The summed E-state index contributed by atoms with van der Waals surface area (Å²) >= 11 is 0. The molecule has 2 fully saturated rings. The van der Waals surface area contributed by atoms with E-state index in [9.17, 15) is 14.4 Å². The highest BCUT2D eigenvalue weighted by molar-refractivity contribution is 5.85. The number of nitrogens with zero attached hydrogens (tertiary/aromatic N) is 1. The first-order chi connectivity index (χ1) is 17.1. The largest absolute Gasteiger partial charge is 0.371 e. The molecule has 7 nitrogen and oxygen atoms in total. The standard InChI is InChI=1S/C28H33FN2O5/c1-18(2)31-26(32)28(34-16-19-8-7-11-22(29)12-19)13-23(25-24(14-28)35-27(3,4)36-25)33-17-21-10-6-5-9-20(21)15-30/h5-12,18,23-25H,13-14,16-17H2,1-4H3,(H,31,32)/t23-,24+,25-,28+/m0/s1. The van der Waals surface area contributed by atoms with E-state index in [2.05, 4.69) is 11.4 Å². The highest BCUT2D eigenvalue weighted by atomic mass is 19.1. The minimum atomic E-state index is -1.28. The summed E-state index contributed by atoms with van der Waals surface area (Å²) in [6.45, 7) is 7.65. The quantitative estimate of drug-likeness (QED) is 0.584. The first-order valence-electron chi connectivity index (χ1n) is 12.3. The van der Waals surface area contributed by atoms with E-state index in [1.165, 1.54) is 12.1 Å². The van der Waals surface area contributed by atoms with Crippen molar-refractivity contribution < 1.29 is 28.1 Å². The summed E-state index contributed by atoms with van der Waals surface area (Å²) in [5, 5.41) is 12.4. The number of halogens is 1. The second-order valence-electron chi connectivity index (χ2n) is 10.2. The summed E-state index contributed by atoms with van der Waals surface area (Å²) in [5.74, 6) is -1.49. The van der Waals surface area contributed by atoms with Crippen LogP contribution in [0.5, 0.6) is 0 Å². The van der Waals surface area contributed by atoms with E-state index in [0.717, 1.165) is 5.56 Å². The van der Waals surface area contributed by atoms with Gasteiger partial charge in [0.1, 0.15) is 11.9 Å². The summed E-state index contributed by atoms with van der Waals surface area (Å²) < 4.78 is 38.8. The lowest BCUT2D eigenvalue weighted by Gasteiger charge is -2.43. The molecule has 8 heteroatoms. The van der Waals surface area contributed by atoms with Crippen molar-refractivity contribution >= 4 is 5.91 Å². The normalized spacial score (nSPS) is 26.9. The SMILES string of the molecule is CC(C)NC(=O)[C@@]1(OCc2cccc(F)c2)C[C@H](OCc2ccccc2C#N)[C@@H]2OC(C)(C)O[C@@H]2C1. The molecule has 1 aliphatic heterocycles. The van der Waals surface area contributed by atoms with Gasteiger partial charge in [-0.05, 0) is 57.0 Å². The maximum absolute atomic E-state index is 13.8. The molecule has 0 spiro atoms. The van der Waals surface area contributed by atoms with Crippen LogP contribution in [0.3, 0.4) is 0 Å². The van der Waals surface area contributed by atoms with E-state index < -0.39 is 29.7 Å². The molecular weight excluding hydrogens is 463 g/mol. The zero-order valence-electron chi connectivity index (χ0n) is 21.1. The fraction of sp³-hybridized carbons (Fsp3) is 0.500. The van der Waals surface area contributed by atoms with Crippen LogP contribution in [0.25, 0.3) is 0 Å². The summed E-state index contributed by atoms with van der Waals surface area (Å²) in [6.07, 6.45) is -0.912. The van der Waals surface area contributed by atoms with Gasteiger partial charge >= 0.3 is 0 Å². The van der Waals surface area contributed by atoms with E-state index in [1.807, 2.05) is 39.8 Å². The van der Waals surface area contributed by atoms with E-state index >= 15 is 0 Å². The third-order valence-corrected chi connectivity index (χ3v) is 6.48. The topological polar surface area (TPSA) is 89.8 Å². The number of ether oxygens (including phenoxy) is 4. The molecular formula is C28H33FN2O5. The highest BCUT2D eigenvalue weighted by Crippen LogP contribution is 2.44. The third-order valence-electron chi connectivity index (χ3n) is 6.48. The van der Waals surface area contributed by atoms with E-state index in [1.54, 1.807) is 24.3 Å². The number of amides is 1. The van der Waals surface area contributed by atoms with Gasteiger partial charge in [0.2, 0.25) is 0 Å². The van der Waals surface area contributed by atoms with Crippen molar-refractivity contribution in [3.05, 3.63) is 71.0 Å². The summed E-state index contributed by atoms with van der Waals surface area (Å²) in [4.78, 5) is 13.6. The molecule has 0 radical (unpaired) electrons. The van der Waals surface area contributed by atoms with Crippen molar-refractivity contribution in [2.24, 2.45) is 0 Å². The lowest BCUT2D eigenvalue weighted by molar-refractivity contribution is -0.183. The Labute approximate surface area is 211 Å². The maximum Gasteiger partial charge on any atom is 0.252 e. The van der Waals surface area contributed by atoms with Crippen LogP contribution in [0.15, 0.2) is 48.5 Å². The summed E-state index contributed by atoms with van der Waals surface area (Å²) in [7, 11) is 0. The molecule has 36 heavy (non-hydrogen) atoms. The Morgan fingerprint density at radius 3 is 2.67 bits per heavy atom. The lowest BCUT2D eigenvalue weighted by atomic mass is 9.78. The van der Waals surface area contributed by atoms with Crippen LogP contribution in [0, 0.1) is 17.1 Å². The molecule has 1 saturated carbocycles. The Balaban J connectivity index is 1.63. The van der Waals surface area contributed by atoms with Crippen LogP contribution in [0.4, 0.5) is 4.39 Å². The molecule has 0 aromatic heterocycles. The van der Waals surface area contributed by atoms with Crippen molar-refractivity contribution in [3.63, 3.8) is 0 Å². The van der Waals surface area contributed by atoms with Crippen LogP contribution in [0.2, 0.25) is 0 Å². The van der Waals surface area contributed by atoms with Crippen LogP contribution < -0.4 is 5.32 Å². The Kier molecular flexibility index (Phi) is 7.76. The molecule has 0 unspecified atom stereocenters.